The highest BCUT2D eigenvalue weighted by Gasteiger charge is 2.21. The van der Waals surface area contributed by atoms with Gasteiger partial charge in [0.2, 0.25) is 5.91 Å². The van der Waals surface area contributed by atoms with E-state index in [2.05, 4.69) is 20.9 Å². The van der Waals surface area contributed by atoms with Crippen molar-refractivity contribution >= 4 is 27.7 Å². The van der Waals surface area contributed by atoms with Crippen molar-refractivity contribution in [3.05, 3.63) is 28.5 Å². The van der Waals surface area contributed by atoms with Gasteiger partial charge in [-0.05, 0) is 34.0 Å². The molecule has 5 nitrogen and oxygen atoms in total. The van der Waals surface area contributed by atoms with Crippen LogP contribution in [0.1, 0.15) is 24.3 Å². The number of nitrogens with two attached hydrogens (primary N) is 1. The van der Waals surface area contributed by atoms with Gasteiger partial charge in [0.05, 0.1) is 6.54 Å². The predicted octanol–water partition coefficient (Wildman–Crippen LogP) is 1.43. The Balaban J connectivity index is 2.95. The van der Waals surface area contributed by atoms with Gasteiger partial charge in [-0.3, -0.25) is 9.59 Å². The largest absolute Gasteiger partial charge is 0.368 e. The first kappa shape index (κ1) is 14.6. The summed E-state index contributed by atoms with van der Waals surface area (Å²) in [6, 6.07) is 3.46. The van der Waals surface area contributed by atoms with Crippen LogP contribution in [0, 0.1) is 5.92 Å². The first-order valence-electron chi connectivity index (χ1n) is 5.60. The van der Waals surface area contributed by atoms with Crippen LogP contribution in [0.5, 0.6) is 0 Å². The van der Waals surface area contributed by atoms with E-state index in [1.165, 1.54) is 11.1 Å². The molecule has 0 saturated carbocycles. The number of carbonyl (C=O) groups excluding carboxylic acids is 2. The average Bonchev–Trinajstić information content (AvgIpc) is 2.26. The van der Waals surface area contributed by atoms with Gasteiger partial charge in [0.15, 0.2) is 0 Å². The summed E-state index contributed by atoms with van der Waals surface area (Å²) >= 11 is 3.27. The molecule has 1 aromatic heterocycles. The molecule has 2 amide bonds. The van der Waals surface area contributed by atoms with E-state index in [9.17, 15) is 9.59 Å². The topological polar surface area (TPSA) is 76.3 Å². The van der Waals surface area contributed by atoms with Gasteiger partial charge in [-0.2, -0.15) is 0 Å². The minimum absolute atomic E-state index is 0.0972. The van der Waals surface area contributed by atoms with Crippen molar-refractivity contribution in [1.82, 2.24) is 9.88 Å². The number of pyridine rings is 1. The van der Waals surface area contributed by atoms with E-state index >= 15 is 0 Å². The fourth-order valence-electron chi connectivity index (χ4n) is 1.54. The van der Waals surface area contributed by atoms with Crippen LogP contribution in [0.3, 0.4) is 0 Å². The van der Waals surface area contributed by atoms with Crippen LogP contribution < -0.4 is 5.73 Å². The number of carbonyl (C=O) groups is 2. The van der Waals surface area contributed by atoms with Crippen molar-refractivity contribution in [3.8, 4) is 0 Å². The molecular formula is C12H16BrN3O2. The van der Waals surface area contributed by atoms with Crippen molar-refractivity contribution in [1.29, 1.82) is 0 Å². The number of primary amides is 1. The van der Waals surface area contributed by atoms with Crippen LogP contribution in [0.4, 0.5) is 0 Å². The standard InChI is InChI=1S/C12H16BrN3O2/c1-8(2)6-16(7-10(14)17)12(18)11-9(13)4-3-5-15-11/h3-5,8H,6-7H2,1-2H3,(H2,14,17). The second-order valence-corrected chi connectivity index (χ2v) is 5.23. The molecule has 1 heterocycles. The maximum Gasteiger partial charge on any atom is 0.274 e. The molecule has 0 unspecified atom stereocenters. The molecule has 18 heavy (non-hydrogen) atoms. The molecule has 0 radical (unpaired) electrons. The molecule has 0 spiro atoms. The van der Waals surface area contributed by atoms with Crippen molar-refractivity contribution in [3.63, 3.8) is 0 Å². The zero-order valence-electron chi connectivity index (χ0n) is 10.4. The second-order valence-electron chi connectivity index (χ2n) is 4.38. The van der Waals surface area contributed by atoms with Gasteiger partial charge in [0, 0.05) is 17.2 Å². The SMILES string of the molecule is CC(C)CN(CC(N)=O)C(=O)c1ncccc1Br. The van der Waals surface area contributed by atoms with Gasteiger partial charge in [0.25, 0.3) is 5.91 Å². The number of rotatable bonds is 5. The Morgan fingerprint density at radius 1 is 1.50 bits per heavy atom. The molecule has 6 heteroatoms. The number of hydrogen-bond donors (Lipinski definition) is 1. The molecular weight excluding hydrogens is 298 g/mol. The van der Waals surface area contributed by atoms with E-state index in [1.54, 1.807) is 12.1 Å². The Morgan fingerprint density at radius 3 is 2.67 bits per heavy atom. The fraction of sp³-hybridized carbons (Fsp3) is 0.417. The fourth-order valence-corrected chi connectivity index (χ4v) is 1.97. The van der Waals surface area contributed by atoms with Crippen LogP contribution in [0.25, 0.3) is 0 Å². The van der Waals surface area contributed by atoms with Crippen LogP contribution in [-0.2, 0) is 4.79 Å². The van der Waals surface area contributed by atoms with E-state index < -0.39 is 5.91 Å². The average molecular weight is 314 g/mol. The lowest BCUT2D eigenvalue weighted by Gasteiger charge is -2.23. The van der Waals surface area contributed by atoms with E-state index in [0.717, 1.165) is 0 Å². The summed E-state index contributed by atoms with van der Waals surface area (Å²) in [5, 5.41) is 0. The van der Waals surface area contributed by atoms with Gasteiger partial charge < -0.3 is 10.6 Å². The molecule has 2 N–H and O–H groups in total. The smallest absolute Gasteiger partial charge is 0.274 e. The summed E-state index contributed by atoms with van der Waals surface area (Å²) in [4.78, 5) is 28.7. The minimum atomic E-state index is -0.531. The van der Waals surface area contributed by atoms with Crippen molar-refractivity contribution in [2.75, 3.05) is 13.1 Å². The van der Waals surface area contributed by atoms with E-state index in [4.69, 9.17) is 5.73 Å². The Hall–Kier alpha value is -1.43. The lowest BCUT2D eigenvalue weighted by molar-refractivity contribution is -0.118. The maximum atomic E-state index is 12.3. The van der Waals surface area contributed by atoms with Crippen LogP contribution in [0.15, 0.2) is 22.8 Å². The molecule has 0 aliphatic rings. The highest BCUT2D eigenvalue weighted by molar-refractivity contribution is 9.10. The van der Waals surface area contributed by atoms with Crippen LogP contribution in [-0.4, -0.2) is 34.8 Å². The molecule has 0 aliphatic carbocycles. The highest BCUT2D eigenvalue weighted by Crippen LogP contribution is 2.16. The molecule has 0 atom stereocenters. The lowest BCUT2D eigenvalue weighted by Crippen LogP contribution is -2.41. The third-order valence-corrected chi connectivity index (χ3v) is 2.82. The number of amides is 2. The predicted molar refractivity (Wildman–Crippen MR) is 71.9 cm³/mol. The number of halogens is 1. The zero-order chi connectivity index (χ0) is 13.7. The van der Waals surface area contributed by atoms with Gasteiger partial charge in [0.1, 0.15) is 5.69 Å². The third-order valence-electron chi connectivity index (χ3n) is 2.18. The van der Waals surface area contributed by atoms with E-state index in [-0.39, 0.29) is 18.4 Å². The van der Waals surface area contributed by atoms with Crippen LogP contribution in [0.2, 0.25) is 0 Å². The van der Waals surface area contributed by atoms with Gasteiger partial charge in [-0.1, -0.05) is 13.8 Å². The summed E-state index contributed by atoms with van der Waals surface area (Å²) < 4.78 is 0.605. The summed E-state index contributed by atoms with van der Waals surface area (Å²) in [6.45, 7) is 4.30. The van der Waals surface area contributed by atoms with E-state index in [0.29, 0.717) is 16.7 Å². The molecule has 0 aromatic carbocycles. The van der Waals surface area contributed by atoms with Gasteiger partial charge in [-0.25, -0.2) is 4.98 Å². The monoisotopic (exact) mass is 313 g/mol. The zero-order valence-corrected chi connectivity index (χ0v) is 12.0. The summed E-state index contributed by atoms with van der Waals surface area (Å²) in [5.41, 5.74) is 5.45. The molecule has 1 aromatic rings. The first-order valence-corrected chi connectivity index (χ1v) is 6.39. The Morgan fingerprint density at radius 2 is 2.17 bits per heavy atom. The number of nitrogens with zero attached hydrogens (tertiary/aromatic N) is 2. The Bertz CT molecular complexity index is 449. The lowest BCUT2D eigenvalue weighted by atomic mass is 10.2. The quantitative estimate of drug-likeness (QED) is 0.893. The normalized spacial score (nSPS) is 10.4. The van der Waals surface area contributed by atoms with Crippen molar-refractivity contribution in [2.45, 2.75) is 13.8 Å². The molecule has 0 fully saturated rings. The maximum absolute atomic E-state index is 12.3. The highest BCUT2D eigenvalue weighted by atomic mass is 79.9. The summed E-state index contributed by atoms with van der Waals surface area (Å²) in [7, 11) is 0. The van der Waals surface area contributed by atoms with Crippen molar-refractivity contribution < 1.29 is 9.59 Å². The first-order chi connectivity index (χ1) is 8.41. The van der Waals surface area contributed by atoms with E-state index in [1.807, 2.05) is 13.8 Å². The molecule has 0 saturated heterocycles. The van der Waals surface area contributed by atoms with Crippen LogP contribution >= 0.6 is 15.9 Å². The molecule has 0 bridgehead atoms. The molecule has 1 rings (SSSR count). The van der Waals surface area contributed by atoms with Gasteiger partial charge in [-0.15, -0.1) is 0 Å². The number of aromatic nitrogens is 1. The molecule has 0 aliphatic heterocycles. The van der Waals surface area contributed by atoms with Crippen molar-refractivity contribution in [2.24, 2.45) is 11.7 Å². The second kappa shape index (κ2) is 6.49. The van der Waals surface area contributed by atoms with Gasteiger partial charge >= 0.3 is 0 Å². The number of hydrogen-bond acceptors (Lipinski definition) is 3. The Labute approximate surface area is 114 Å². The summed E-state index contributed by atoms with van der Waals surface area (Å²) in [5.74, 6) is -0.582. The third kappa shape index (κ3) is 4.10. The Kier molecular flexibility index (Phi) is 5.27. The molecule has 98 valence electrons. The minimum Gasteiger partial charge on any atom is -0.368 e. The summed E-state index contributed by atoms with van der Waals surface area (Å²) in [6.07, 6.45) is 1.54.